The van der Waals surface area contributed by atoms with Crippen molar-refractivity contribution in [1.82, 2.24) is 0 Å². The third-order valence-electron chi connectivity index (χ3n) is 3.01. The van der Waals surface area contributed by atoms with Crippen LogP contribution >= 0.6 is 0 Å². The van der Waals surface area contributed by atoms with Gasteiger partial charge in [0.1, 0.15) is 11.9 Å². The molecule has 1 aliphatic heterocycles. The zero-order valence-corrected chi connectivity index (χ0v) is 10.1. The molecule has 0 bridgehead atoms. The van der Waals surface area contributed by atoms with E-state index in [1.54, 1.807) is 13.8 Å². The highest BCUT2D eigenvalue weighted by atomic mass is 16.6. The fourth-order valence-electron chi connectivity index (χ4n) is 2.03. The Morgan fingerprint density at radius 1 is 1.35 bits per heavy atom. The van der Waals surface area contributed by atoms with Gasteiger partial charge in [0.05, 0.1) is 25.4 Å². The van der Waals surface area contributed by atoms with E-state index >= 15 is 0 Å². The molecule has 94 valence electrons. The van der Waals surface area contributed by atoms with Crippen molar-refractivity contribution in [3.8, 4) is 5.95 Å². The van der Waals surface area contributed by atoms with Gasteiger partial charge in [-0.3, -0.25) is 4.79 Å². The lowest BCUT2D eigenvalue weighted by Gasteiger charge is -2.13. The lowest BCUT2D eigenvalue weighted by molar-refractivity contribution is 0.0723. The number of hydrogen-bond acceptors (Lipinski definition) is 5. The van der Waals surface area contributed by atoms with Crippen LogP contribution in [0.5, 0.6) is 5.95 Å². The third-order valence-corrected chi connectivity index (χ3v) is 3.01. The number of aliphatic hydroxyl groups excluding tert-OH is 1. The number of hydrogen-bond donors (Lipinski definition) is 1. The molecule has 1 aliphatic rings. The van der Waals surface area contributed by atoms with Crippen LogP contribution in [0.15, 0.2) is 9.21 Å². The normalized spacial score (nSPS) is 24.0. The smallest absolute Gasteiger partial charge is 0.291 e. The number of ether oxygens (including phenoxy) is 2. The van der Waals surface area contributed by atoms with Gasteiger partial charge in [-0.2, -0.15) is 0 Å². The maximum absolute atomic E-state index is 11.9. The maximum Gasteiger partial charge on any atom is 0.291 e. The first-order chi connectivity index (χ1) is 8.04. The summed E-state index contributed by atoms with van der Waals surface area (Å²) in [6.45, 7) is 3.62. The van der Waals surface area contributed by atoms with Crippen LogP contribution in [0.4, 0.5) is 0 Å². The van der Waals surface area contributed by atoms with Crippen molar-refractivity contribution in [2.45, 2.75) is 32.5 Å². The highest BCUT2D eigenvalue weighted by molar-refractivity contribution is 5.30. The molecule has 2 unspecified atom stereocenters. The minimum atomic E-state index is -0.503. The van der Waals surface area contributed by atoms with Crippen molar-refractivity contribution < 1.29 is 19.0 Å². The lowest BCUT2D eigenvalue weighted by atomic mass is 10.1. The quantitative estimate of drug-likeness (QED) is 0.838. The summed E-state index contributed by atoms with van der Waals surface area (Å²) in [6.07, 6.45) is -0.431. The van der Waals surface area contributed by atoms with Gasteiger partial charge in [-0.25, -0.2) is 0 Å². The van der Waals surface area contributed by atoms with Crippen LogP contribution in [0, 0.1) is 13.8 Å². The van der Waals surface area contributed by atoms with E-state index in [0.29, 0.717) is 23.3 Å². The molecule has 1 N–H and O–H groups in total. The minimum absolute atomic E-state index is 0.104. The van der Waals surface area contributed by atoms with Crippen LogP contribution in [-0.2, 0) is 4.74 Å². The van der Waals surface area contributed by atoms with Gasteiger partial charge in [-0.05, 0) is 13.8 Å². The molecule has 17 heavy (non-hydrogen) atoms. The number of methoxy groups -OCH3 is 1. The van der Waals surface area contributed by atoms with Crippen molar-refractivity contribution in [1.29, 1.82) is 0 Å². The molecule has 0 spiro atoms. The van der Waals surface area contributed by atoms with Crippen LogP contribution in [0.25, 0.3) is 0 Å². The summed E-state index contributed by atoms with van der Waals surface area (Å²) in [6, 6.07) is 0. The van der Waals surface area contributed by atoms with Crippen molar-refractivity contribution in [2.75, 3.05) is 13.7 Å². The Labute approximate surface area is 99.0 Å². The molecule has 1 fully saturated rings. The van der Waals surface area contributed by atoms with Gasteiger partial charge >= 0.3 is 0 Å². The predicted molar refractivity (Wildman–Crippen MR) is 60.3 cm³/mol. The Balaban J connectivity index is 2.47. The first-order valence-electron chi connectivity index (χ1n) is 5.52. The van der Waals surface area contributed by atoms with Crippen LogP contribution in [-0.4, -0.2) is 24.9 Å². The SMILES string of the molecule is COc1oc(C2CC(O)CO2)c(C)c(=O)c1C. The second-order valence-electron chi connectivity index (χ2n) is 4.25. The van der Waals surface area contributed by atoms with Crippen molar-refractivity contribution in [3.05, 3.63) is 27.1 Å². The average Bonchev–Trinajstić information content (AvgIpc) is 2.73. The Kier molecular flexibility index (Phi) is 3.22. The Bertz CT molecular complexity index is 477. The number of aliphatic hydroxyl groups is 1. The van der Waals surface area contributed by atoms with Gasteiger partial charge in [0, 0.05) is 12.0 Å². The predicted octanol–water partition coefficient (Wildman–Crippen LogP) is 1.09. The van der Waals surface area contributed by atoms with E-state index in [2.05, 4.69) is 0 Å². The summed E-state index contributed by atoms with van der Waals surface area (Å²) in [5.74, 6) is 0.662. The summed E-state index contributed by atoms with van der Waals surface area (Å²) < 4.78 is 16.0. The van der Waals surface area contributed by atoms with E-state index in [9.17, 15) is 9.90 Å². The topological polar surface area (TPSA) is 68.9 Å². The largest absolute Gasteiger partial charge is 0.468 e. The molecule has 2 rings (SSSR count). The van der Waals surface area contributed by atoms with E-state index in [0.717, 1.165) is 0 Å². The first kappa shape index (κ1) is 12.1. The van der Waals surface area contributed by atoms with Crippen LogP contribution in [0.2, 0.25) is 0 Å². The summed E-state index contributed by atoms with van der Waals surface area (Å²) >= 11 is 0. The number of rotatable bonds is 2. The van der Waals surface area contributed by atoms with Gasteiger partial charge in [-0.15, -0.1) is 0 Å². The summed E-state index contributed by atoms with van der Waals surface area (Å²) in [5.41, 5.74) is 0.864. The summed E-state index contributed by atoms with van der Waals surface area (Å²) in [4.78, 5) is 11.9. The van der Waals surface area contributed by atoms with Gasteiger partial charge in [0.2, 0.25) is 0 Å². The molecule has 5 nitrogen and oxygen atoms in total. The van der Waals surface area contributed by atoms with E-state index in [4.69, 9.17) is 13.9 Å². The van der Waals surface area contributed by atoms with E-state index in [1.165, 1.54) is 7.11 Å². The third kappa shape index (κ3) is 2.08. The van der Waals surface area contributed by atoms with E-state index in [1.807, 2.05) is 0 Å². The fraction of sp³-hybridized carbons (Fsp3) is 0.583. The van der Waals surface area contributed by atoms with Gasteiger partial charge < -0.3 is 19.0 Å². The standard InChI is InChI=1S/C12H16O5/c1-6-10(14)7(2)12(15-3)17-11(6)9-4-8(13)5-16-9/h8-9,13H,4-5H2,1-3H3. The molecule has 0 saturated carbocycles. The van der Waals surface area contributed by atoms with E-state index < -0.39 is 6.10 Å². The Morgan fingerprint density at radius 3 is 2.59 bits per heavy atom. The molecule has 1 saturated heterocycles. The molecule has 5 heteroatoms. The first-order valence-corrected chi connectivity index (χ1v) is 5.52. The second-order valence-corrected chi connectivity index (χ2v) is 4.25. The monoisotopic (exact) mass is 240 g/mol. The van der Waals surface area contributed by atoms with Gasteiger partial charge in [-0.1, -0.05) is 0 Å². The molecule has 0 aromatic carbocycles. The molecular weight excluding hydrogens is 224 g/mol. The van der Waals surface area contributed by atoms with Crippen LogP contribution in [0.1, 0.15) is 29.4 Å². The van der Waals surface area contributed by atoms with Crippen molar-refractivity contribution >= 4 is 0 Å². The summed E-state index contributed by atoms with van der Waals surface area (Å²) in [5, 5.41) is 9.43. The van der Waals surface area contributed by atoms with Crippen molar-refractivity contribution in [2.24, 2.45) is 0 Å². The molecule has 0 radical (unpaired) electrons. The maximum atomic E-state index is 11.9. The molecule has 1 aromatic heterocycles. The van der Waals surface area contributed by atoms with E-state index in [-0.39, 0.29) is 24.1 Å². The van der Waals surface area contributed by atoms with Crippen molar-refractivity contribution in [3.63, 3.8) is 0 Å². The second kappa shape index (κ2) is 4.50. The Morgan fingerprint density at radius 2 is 2.06 bits per heavy atom. The average molecular weight is 240 g/mol. The zero-order chi connectivity index (χ0) is 12.6. The highest BCUT2D eigenvalue weighted by Crippen LogP contribution is 2.32. The molecule has 0 amide bonds. The molecule has 2 atom stereocenters. The molecule has 2 heterocycles. The fourth-order valence-corrected chi connectivity index (χ4v) is 2.03. The minimum Gasteiger partial charge on any atom is -0.468 e. The van der Waals surface area contributed by atoms with Gasteiger partial charge in [0.25, 0.3) is 5.95 Å². The summed E-state index contributed by atoms with van der Waals surface area (Å²) in [7, 11) is 1.45. The van der Waals surface area contributed by atoms with Crippen LogP contribution < -0.4 is 10.2 Å². The van der Waals surface area contributed by atoms with Crippen LogP contribution in [0.3, 0.4) is 0 Å². The molecule has 0 aliphatic carbocycles. The molecule has 1 aromatic rings. The van der Waals surface area contributed by atoms with Gasteiger partial charge in [0.15, 0.2) is 5.43 Å². The lowest BCUT2D eigenvalue weighted by Crippen LogP contribution is -2.15. The molecular formula is C12H16O5. The Hall–Kier alpha value is -1.33. The zero-order valence-electron chi connectivity index (χ0n) is 10.1. The highest BCUT2D eigenvalue weighted by Gasteiger charge is 2.30.